The molecule has 5 rings (SSSR count). The van der Waals surface area contributed by atoms with E-state index in [4.69, 9.17) is 13.9 Å². The van der Waals surface area contributed by atoms with Crippen LogP contribution in [0.3, 0.4) is 0 Å². The van der Waals surface area contributed by atoms with Crippen LogP contribution < -0.4 is 5.32 Å². The number of oxazole rings is 1. The number of hydrogen-bond acceptors (Lipinski definition) is 7. The molecule has 38 heavy (non-hydrogen) atoms. The summed E-state index contributed by atoms with van der Waals surface area (Å²) >= 11 is 0. The second-order valence-corrected chi connectivity index (χ2v) is 11.1. The summed E-state index contributed by atoms with van der Waals surface area (Å²) in [5, 5.41) is 12.7. The lowest BCUT2D eigenvalue weighted by Crippen LogP contribution is -2.58. The Morgan fingerprint density at radius 1 is 1.21 bits per heavy atom. The Kier molecular flexibility index (Phi) is 7.09. The van der Waals surface area contributed by atoms with Crippen LogP contribution in [0.1, 0.15) is 73.7 Å². The summed E-state index contributed by atoms with van der Waals surface area (Å²) < 4.78 is 19.6. The van der Waals surface area contributed by atoms with Crippen molar-refractivity contribution in [1.29, 1.82) is 0 Å². The number of carboxylic acids is 1. The molecule has 0 amide bonds. The van der Waals surface area contributed by atoms with Crippen LogP contribution in [-0.2, 0) is 15.9 Å². The molecule has 0 radical (unpaired) electrons. The molecule has 7 atom stereocenters. The van der Waals surface area contributed by atoms with Crippen LogP contribution in [0.25, 0.3) is 11.1 Å². The first kappa shape index (κ1) is 26.4. The molecule has 1 unspecified atom stereocenters. The topological polar surface area (TPSA) is 127 Å². The number of carboxylic acid groups (broad SMARTS) is 1. The number of Topliss-reactive ketones (excluding diaryl/α,β-unsaturated/α-hetero) is 1. The van der Waals surface area contributed by atoms with E-state index < -0.39 is 11.8 Å². The quantitative estimate of drug-likeness (QED) is 0.345. The van der Waals surface area contributed by atoms with Gasteiger partial charge in [0, 0.05) is 31.5 Å². The summed E-state index contributed by atoms with van der Waals surface area (Å²) in [7, 11) is 1.68. The number of rotatable bonds is 7. The minimum absolute atomic E-state index is 0.0407. The predicted molar refractivity (Wildman–Crippen MR) is 142 cm³/mol. The van der Waals surface area contributed by atoms with Crippen LogP contribution in [0.5, 0.6) is 0 Å². The highest BCUT2D eigenvalue weighted by atomic mass is 16.7. The largest absolute Gasteiger partial charge is 0.478 e. The summed E-state index contributed by atoms with van der Waals surface area (Å²) in [6.45, 7) is 8.39. The maximum Gasteiger partial charge on any atom is 0.340 e. The van der Waals surface area contributed by atoms with Gasteiger partial charge in [0.05, 0.1) is 30.0 Å². The van der Waals surface area contributed by atoms with E-state index in [9.17, 15) is 14.7 Å². The summed E-state index contributed by atoms with van der Waals surface area (Å²) in [5.41, 5.74) is 1.93. The molecule has 3 aromatic rings. The number of anilines is 1. The fourth-order valence-corrected chi connectivity index (χ4v) is 6.27. The summed E-state index contributed by atoms with van der Waals surface area (Å²) in [4.78, 5) is 32.7. The Hall–Kier alpha value is -3.17. The third-order valence-corrected chi connectivity index (χ3v) is 8.54. The highest BCUT2D eigenvalue weighted by Crippen LogP contribution is 2.48. The van der Waals surface area contributed by atoms with E-state index in [1.54, 1.807) is 31.4 Å². The van der Waals surface area contributed by atoms with Gasteiger partial charge < -0.3 is 29.3 Å². The van der Waals surface area contributed by atoms with Crippen molar-refractivity contribution in [3.8, 4) is 0 Å². The van der Waals surface area contributed by atoms with Crippen molar-refractivity contribution in [2.24, 2.45) is 23.7 Å². The molecule has 9 heteroatoms. The van der Waals surface area contributed by atoms with Crippen LogP contribution in [-0.4, -0.2) is 51.9 Å². The van der Waals surface area contributed by atoms with Gasteiger partial charge in [0.25, 0.3) is 0 Å². The molecular formula is C29H37N3O6. The Morgan fingerprint density at radius 2 is 2.00 bits per heavy atom. The van der Waals surface area contributed by atoms with Gasteiger partial charge in [-0.3, -0.25) is 4.79 Å². The van der Waals surface area contributed by atoms with Crippen molar-refractivity contribution in [1.82, 2.24) is 9.97 Å². The van der Waals surface area contributed by atoms with Gasteiger partial charge in [-0.15, -0.1) is 0 Å². The Bertz CT molecular complexity index is 1320. The van der Waals surface area contributed by atoms with Crippen LogP contribution in [0.2, 0.25) is 0 Å². The molecule has 2 fully saturated rings. The number of aromatic carboxylic acids is 1. The number of fused-ring (bicyclic) bond motifs is 1. The molecule has 1 aromatic carbocycles. The lowest BCUT2D eigenvalue weighted by molar-refractivity contribution is -0.355. The lowest BCUT2D eigenvalue weighted by atomic mass is 9.75. The standard InChI is InChI=1S/C29H37N3O6/c1-15-10-11-29(17(3)13-16(2)27(38-29)18(4)26(33)20-7-6-12-31-20)37-22(15)14-23-32-25-21(36-23)9-8-19(30-5)24(25)28(34)35/h6-9,12,15-18,22,27,30-31H,10-11,13-14H2,1-5H3,(H,34,35)/t15-,16-,17-,18?,22-,27+,29+/m1/s1. The zero-order valence-corrected chi connectivity index (χ0v) is 22.6. The Balaban J connectivity index is 1.39. The number of hydrogen-bond donors (Lipinski definition) is 3. The first-order valence-corrected chi connectivity index (χ1v) is 13.5. The fourth-order valence-electron chi connectivity index (χ4n) is 6.27. The van der Waals surface area contributed by atoms with E-state index in [0.717, 1.165) is 19.3 Å². The van der Waals surface area contributed by atoms with Crippen molar-refractivity contribution in [3.05, 3.63) is 47.6 Å². The van der Waals surface area contributed by atoms with Crippen LogP contribution >= 0.6 is 0 Å². The predicted octanol–water partition coefficient (Wildman–Crippen LogP) is 5.53. The number of H-pyrrole nitrogens is 1. The van der Waals surface area contributed by atoms with Gasteiger partial charge in [-0.05, 0) is 48.9 Å². The molecule has 2 aliphatic rings. The SMILES string of the molecule is CNc1ccc2oc(C[C@H]3O[C@@]4(CC[C@H]3C)O[C@H](C(C)C(=O)c3ccc[nH]3)[C@H](C)C[C@H]4C)nc2c1C(=O)O. The third-order valence-electron chi connectivity index (χ3n) is 8.54. The van der Waals surface area contributed by atoms with Gasteiger partial charge in [0.15, 0.2) is 23.0 Å². The molecule has 0 aliphatic carbocycles. The molecule has 1 spiro atoms. The van der Waals surface area contributed by atoms with Gasteiger partial charge in [-0.1, -0.05) is 27.7 Å². The number of aromatic nitrogens is 2. The highest BCUT2D eigenvalue weighted by molar-refractivity contribution is 6.06. The normalized spacial score (nSPS) is 30.4. The third kappa shape index (κ3) is 4.62. The summed E-state index contributed by atoms with van der Waals surface area (Å²) in [5.74, 6) is -1.11. The van der Waals surface area contributed by atoms with Crippen molar-refractivity contribution in [3.63, 3.8) is 0 Å². The molecule has 2 aromatic heterocycles. The number of nitrogens with zero attached hydrogens (tertiary/aromatic N) is 1. The number of ether oxygens (including phenoxy) is 2. The zero-order chi connectivity index (χ0) is 27.2. The first-order chi connectivity index (χ1) is 18.1. The zero-order valence-electron chi connectivity index (χ0n) is 22.6. The smallest absolute Gasteiger partial charge is 0.340 e. The van der Waals surface area contributed by atoms with Crippen molar-refractivity contribution < 1.29 is 28.6 Å². The summed E-state index contributed by atoms with van der Waals surface area (Å²) in [6.07, 6.45) is 4.22. The molecule has 0 saturated carbocycles. The first-order valence-electron chi connectivity index (χ1n) is 13.5. The number of carbonyl (C=O) groups is 2. The Labute approximate surface area is 222 Å². The van der Waals surface area contributed by atoms with Crippen LogP contribution in [0, 0.1) is 23.7 Å². The molecule has 0 bridgehead atoms. The van der Waals surface area contributed by atoms with Gasteiger partial charge >= 0.3 is 5.97 Å². The number of aromatic amines is 1. The second kappa shape index (κ2) is 10.2. The van der Waals surface area contributed by atoms with E-state index >= 15 is 0 Å². The van der Waals surface area contributed by atoms with E-state index in [1.165, 1.54) is 0 Å². The Morgan fingerprint density at radius 3 is 2.68 bits per heavy atom. The second-order valence-electron chi connectivity index (χ2n) is 11.1. The minimum Gasteiger partial charge on any atom is -0.478 e. The summed E-state index contributed by atoms with van der Waals surface area (Å²) in [6, 6.07) is 7.05. The number of nitrogens with one attached hydrogen (secondary N) is 2. The maximum atomic E-state index is 13.1. The van der Waals surface area contributed by atoms with Gasteiger partial charge in [0.1, 0.15) is 11.1 Å². The number of benzene rings is 1. The molecule has 3 N–H and O–H groups in total. The average Bonchev–Trinajstić information content (AvgIpc) is 3.57. The molecule has 204 valence electrons. The monoisotopic (exact) mass is 523 g/mol. The number of carbonyl (C=O) groups excluding carboxylic acids is 1. The average molecular weight is 524 g/mol. The van der Waals surface area contributed by atoms with Gasteiger partial charge in [-0.2, -0.15) is 0 Å². The molecule has 2 aliphatic heterocycles. The van der Waals surface area contributed by atoms with E-state index in [2.05, 4.69) is 36.1 Å². The van der Waals surface area contributed by atoms with Crippen molar-refractivity contribution >= 4 is 28.5 Å². The van der Waals surface area contributed by atoms with E-state index in [1.807, 2.05) is 13.0 Å². The van der Waals surface area contributed by atoms with Crippen molar-refractivity contribution in [2.45, 2.75) is 71.4 Å². The maximum absolute atomic E-state index is 13.1. The number of ketones is 1. The minimum atomic E-state index is -1.06. The molecule has 4 heterocycles. The van der Waals surface area contributed by atoms with Crippen LogP contribution in [0.4, 0.5) is 5.69 Å². The lowest BCUT2D eigenvalue weighted by Gasteiger charge is -2.53. The highest BCUT2D eigenvalue weighted by Gasteiger charge is 2.52. The fraction of sp³-hybridized carbons (Fsp3) is 0.552. The molecule has 2 saturated heterocycles. The van der Waals surface area contributed by atoms with Crippen LogP contribution in [0.15, 0.2) is 34.9 Å². The molecular weight excluding hydrogens is 486 g/mol. The van der Waals surface area contributed by atoms with Gasteiger partial charge in [0.2, 0.25) is 0 Å². The van der Waals surface area contributed by atoms with E-state index in [-0.39, 0.29) is 47.2 Å². The molecule has 9 nitrogen and oxygen atoms in total. The van der Waals surface area contributed by atoms with Crippen molar-refractivity contribution in [2.75, 3.05) is 12.4 Å². The van der Waals surface area contributed by atoms with E-state index in [0.29, 0.717) is 34.8 Å². The van der Waals surface area contributed by atoms with Gasteiger partial charge in [-0.25, -0.2) is 9.78 Å².